The van der Waals surface area contributed by atoms with E-state index in [1.54, 1.807) is 5.51 Å². The molecule has 2 fully saturated rings. The van der Waals surface area contributed by atoms with Gasteiger partial charge in [0.05, 0.1) is 21.3 Å². The molecular weight excluding hydrogens is 396 g/mol. The Morgan fingerprint density at radius 3 is 2.77 bits per heavy atom. The summed E-state index contributed by atoms with van der Waals surface area (Å²) in [6, 6.07) is 9.80. The van der Waals surface area contributed by atoms with Crippen molar-refractivity contribution in [2.45, 2.75) is 19.8 Å². The summed E-state index contributed by atoms with van der Waals surface area (Å²) in [6.07, 6.45) is 3.72. The van der Waals surface area contributed by atoms with Gasteiger partial charge in [-0.25, -0.2) is 4.98 Å². The van der Waals surface area contributed by atoms with Crippen molar-refractivity contribution in [1.82, 2.24) is 20.2 Å². The molecule has 1 aromatic carbocycles. The molecule has 154 valence electrons. The number of pyridine rings is 1. The molecule has 6 nitrogen and oxygen atoms in total. The highest BCUT2D eigenvalue weighted by Crippen LogP contribution is 2.52. The maximum atomic E-state index is 13.0. The maximum absolute atomic E-state index is 13.0. The number of nitrogens with one attached hydrogen (secondary N) is 1. The molecule has 2 aromatic heterocycles. The number of carbonyl (C=O) groups is 2. The van der Waals surface area contributed by atoms with E-state index in [1.807, 2.05) is 42.3 Å². The van der Waals surface area contributed by atoms with Crippen LogP contribution in [0, 0.1) is 24.7 Å². The van der Waals surface area contributed by atoms with Gasteiger partial charge in [0.2, 0.25) is 5.91 Å². The van der Waals surface area contributed by atoms with E-state index < -0.39 is 0 Å². The summed E-state index contributed by atoms with van der Waals surface area (Å²) in [7, 11) is 0. The largest absolute Gasteiger partial charge is 0.356 e. The average molecular weight is 421 g/mol. The predicted molar refractivity (Wildman–Crippen MR) is 116 cm³/mol. The molecule has 1 aliphatic heterocycles. The van der Waals surface area contributed by atoms with E-state index in [4.69, 9.17) is 0 Å². The van der Waals surface area contributed by atoms with E-state index >= 15 is 0 Å². The van der Waals surface area contributed by atoms with Crippen LogP contribution in [0.2, 0.25) is 0 Å². The summed E-state index contributed by atoms with van der Waals surface area (Å²) in [5.74, 6) is 0.868. The second-order valence-electron chi connectivity index (χ2n) is 8.27. The number of piperidine rings is 1. The minimum Gasteiger partial charge on any atom is -0.356 e. The summed E-state index contributed by atoms with van der Waals surface area (Å²) < 4.78 is 0.946. The number of carbonyl (C=O) groups excluding carboxylic acids is 2. The third-order valence-electron chi connectivity index (χ3n) is 6.29. The fourth-order valence-corrected chi connectivity index (χ4v) is 5.37. The first-order chi connectivity index (χ1) is 14.6. The zero-order valence-electron chi connectivity index (χ0n) is 16.9. The molecule has 2 amide bonds. The van der Waals surface area contributed by atoms with Gasteiger partial charge in [0.25, 0.3) is 5.91 Å². The van der Waals surface area contributed by atoms with Crippen LogP contribution in [0.3, 0.4) is 0 Å². The van der Waals surface area contributed by atoms with E-state index in [0.29, 0.717) is 31.5 Å². The molecule has 2 atom stereocenters. The van der Waals surface area contributed by atoms with Crippen molar-refractivity contribution in [2.24, 2.45) is 17.8 Å². The lowest BCUT2D eigenvalue weighted by Gasteiger charge is -2.20. The molecule has 0 radical (unpaired) electrons. The van der Waals surface area contributed by atoms with Crippen LogP contribution in [0.1, 0.15) is 28.0 Å². The van der Waals surface area contributed by atoms with E-state index in [2.05, 4.69) is 21.4 Å². The fourth-order valence-electron chi connectivity index (χ4n) is 4.57. The van der Waals surface area contributed by atoms with Crippen LogP contribution < -0.4 is 5.32 Å². The number of hydrogen-bond acceptors (Lipinski definition) is 5. The second-order valence-corrected chi connectivity index (χ2v) is 9.13. The molecule has 5 rings (SSSR count). The lowest BCUT2D eigenvalue weighted by atomic mass is 10.1. The van der Waals surface area contributed by atoms with Crippen molar-refractivity contribution in [3.05, 3.63) is 58.9 Å². The Labute approximate surface area is 179 Å². The van der Waals surface area contributed by atoms with Crippen molar-refractivity contribution in [3.8, 4) is 0 Å². The van der Waals surface area contributed by atoms with Gasteiger partial charge in [0.15, 0.2) is 0 Å². The van der Waals surface area contributed by atoms with Crippen LogP contribution in [0.15, 0.2) is 42.0 Å². The number of aryl methyl sites for hydroxylation is 2. The lowest BCUT2D eigenvalue weighted by molar-refractivity contribution is -0.123. The fraction of sp³-hybridized carbons (Fsp3) is 0.391. The SMILES string of the molecule is Cc1ccc(CCCNC(=O)C2[C@H]3CN(C(=O)c4cccc5ncsc45)C[C@H]23)cn1. The van der Waals surface area contributed by atoms with Crippen molar-refractivity contribution < 1.29 is 9.59 Å². The van der Waals surface area contributed by atoms with Gasteiger partial charge < -0.3 is 10.2 Å². The van der Waals surface area contributed by atoms with Gasteiger partial charge in [-0.2, -0.15) is 0 Å². The molecule has 2 aliphatic rings. The molecule has 3 heterocycles. The summed E-state index contributed by atoms with van der Waals surface area (Å²) in [6.45, 7) is 4.00. The smallest absolute Gasteiger partial charge is 0.255 e. The monoisotopic (exact) mass is 420 g/mol. The Kier molecular flexibility index (Phi) is 4.98. The van der Waals surface area contributed by atoms with Gasteiger partial charge in [0.1, 0.15) is 0 Å². The first-order valence-electron chi connectivity index (χ1n) is 10.4. The average Bonchev–Trinajstić information content (AvgIpc) is 3.11. The third kappa shape index (κ3) is 3.58. The number of hydrogen-bond donors (Lipinski definition) is 1. The lowest BCUT2D eigenvalue weighted by Crippen LogP contribution is -2.35. The zero-order valence-corrected chi connectivity index (χ0v) is 17.7. The maximum Gasteiger partial charge on any atom is 0.255 e. The predicted octanol–water partition coefficient (Wildman–Crippen LogP) is 3.07. The van der Waals surface area contributed by atoms with Gasteiger partial charge in [0, 0.05) is 37.4 Å². The summed E-state index contributed by atoms with van der Waals surface area (Å²) in [5, 5.41) is 3.08. The summed E-state index contributed by atoms with van der Waals surface area (Å²) >= 11 is 1.50. The molecule has 1 aliphatic carbocycles. The number of likely N-dealkylation sites (tertiary alicyclic amines) is 1. The van der Waals surface area contributed by atoms with Gasteiger partial charge in [-0.3, -0.25) is 14.6 Å². The minimum absolute atomic E-state index is 0.0583. The van der Waals surface area contributed by atoms with Crippen LogP contribution in [0.5, 0.6) is 0 Å². The van der Waals surface area contributed by atoms with E-state index in [9.17, 15) is 9.59 Å². The molecular formula is C23H24N4O2S. The van der Waals surface area contributed by atoms with Gasteiger partial charge in [-0.1, -0.05) is 12.1 Å². The van der Waals surface area contributed by atoms with Crippen molar-refractivity contribution in [1.29, 1.82) is 0 Å². The molecule has 0 bridgehead atoms. The number of benzene rings is 1. The first-order valence-corrected chi connectivity index (χ1v) is 11.3. The molecule has 1 saturated carbocycles. The normalized spacial score (nSPS) is 22.2. The Bertz CT molecular complexity index is 1080. The standard InChI is InChI=1S/C23H24N4O2S/c1-14-7-8-15(10-25-14)4-3-9-24-22(28)20-17-11-27(12-18(17)20)23(29)16-5-2-6-19-21(16)30-13-26-19/h2,5-8,10,13,17-18,20H,3-4,9,11-12H2,1H3,(H,24,28)/t17-,18-/m0/s1. The Hall–Kier alpha value is -2.80. The minimum atomic E-state index is 0.0583. The van der Waals surface area contributed by atoms with Crippen LogP contribution in [-0.2, 0) is 11.2 Å². The number of thiazole rings is 1. The van der Waals surface area contributed by atoms with E-state index in [-0.39, 0.29) is 17.7 Å². The molecule has 0 spiro atoms. The molecule has 1 N–H and O–H groups in total. The van der Waals surface area contributed by atoms with Crippen LogP contribution >= 0.6 is 11.3 Å². The van der Waals surface area contributed by atoms with E-state index in [1.165, 1.54) is 16.9 Å². The molecule has 0 unspecified atom stereocenters. The summed E-state index contributed by atoms with van der Waals surface area (Å²) in [4.78, 5) is 36.0. The van der Waals surface area contributed by atoms with Crippen LogP contribution in [-0.4, -0.2) is 46.3 Å². The number of nitrogens with zero attached hydrogens (tertiary/aromatic N) is 3. The Morgan fingerprint density at radius 2 is 2.00 bits per heavy atom. The first kappa shape index (κ1) is 19.2. The highest BCUT2D eigenvalue weighted by atomic mass is 32.1. The Balaban J connectivity index is 1.09. The molecule has 30 heavy (non-hydrogen) atoms. The molecule has 1 saturated heterocycles. The molecule has 7 heteroatoms. The summed E-state index contributed by atoms with van der Waals surface area (Å²) in [5.41, 5.74) is 5.59. The van der Waals surface area contributed by atoms with E-state index in [0.717, 1.165) is 34.3 Å². The third-order valence-corrected chi connectivity index (χ3v) is 7.16. The molecule has 3 aromatic rings. The van der Waals surface area contributed by atoms with Crippen molar-refractivity contribution in [2.75, 3.05) is 19.6 Å². The highest BCUT2D eigenvalue weighted by molar-refractivity contribution is 7.17. The number of amides is 2. The topological polar surface area (TPSA) is 75.2 Å². The Morgan fingerprint density at radius 1 is 1.17 bits per heavy atom. The van der Waals surface area contributed by atoms with Gasteiger partial charge >= 0.3 is 0 Å². The van der Waals surface area contributed by atoms with Gasteiger partial charge in [-0.15, -0.1) is 11.3 Å². The second kappa shape index (κ2) is 7.80. The zero-order chi connectivity index (χ0) is 20.7. The van der Waals surface area contributed by atoms with Crippen molar-refractivity contribution >= 4 is 33.4 Å². The van der Waals surface area contributed by atoms with Crippen molar-refractivity contribution in [3.63, 3.8) is 0 Å². The highest BCUT2D eigenvalue weighted by Gasteiger charge is 2.60. The number of fused-ring (bicyclic) bond motifs is 2. The quantitative estimate of drug-likeness (QED) is 0.622. The van der Waals surface area contributed by atoms with Crippen LogP contribution in [0.25, 0.3) is 10.2 Å². The number of rotatable bonds is 6. The number of aromatic nitrogens is 2. The van der Waals surface area contributed by atoms with Crippen LogP contribution in [0.4, 0.5) is 0 Å². The van der Waals surface area contributed by atoms with Gasteiger partial charge in [-0.05, 0) is 55.4 Å².